The van der Waals surface area contributed by atoms with E-state index in [4.69, 9.17) is 0 Å². The fourth-order valence-corrected chi connectivity index (χ4v) is 0.798. The van der Waals surface area contributed by atoms with Crippen molar-refractivity contribution in [1.82, 2.24) is 5.32 Å². The fraction of sp³-hybridized carbons (Fsp3) is 0.750. The van der Waals surface area contributed by atoms with E-state index in [9.17, 15) is 4.79 Å². The van der Waals surface area contributed by atoms with Crippen LogP contribution < -0.4 is 5.32 Å². The van der Waals surface area contributed by atoms with Gasteiger partial charge in [-0.2, -0.15) is 9.78 Å². The first-order valence-corrected chi connectivity index (χ1v) is 2.49. The van der Waals surface area contributed by atoms with Crippen LogP contribution in [0.25, 0.3) is 0 Å². The van der Waals surface area contributed by atoms with Crippen LogP contribution in [-0.4, -0.2) is 18.2 Å². The number of amides is 1. The number of rotatable bonds is 0. The summed E-state index contributed by atoms with van der Waals surface area (Å²) in [6, 6.07) is 0. The van der Waals surface area contributed by atoms with Crippen LogP contribution in [0.3, 0.4) is 0 Å². The quantitative estimate of drug-likeness (QED) is 0.331. The van der Waals surface area contributed by atoms with Crippen LogP contribution in [0.15, 0.2) is 0 Å². The third kappa shape index (κ3) is 0.343. The lowest BCUT2D eigenvalue weighted by atomic mass is 10.3. The molecule has 0 bridgehead atoms. The third-order valence-electron chi connectivity index (χ3n) is 1.37. The molecule has 1 N–H and O–H groups in total. The number of hydrogen-bond donors (Lipinski definition) is 1. The van der Waals surface area contributed by atoms with Crippen LogP contribution in [0.2, 0.25) is 0 Å². The Bertz CT molecular complexity index is 140. The molecule has 0 radical (unpaired) electrons. The minimum Gasteiger partial charge on any atom is -0.351 e. The fourth-order valence-electron chi connectivity index (χ4n) is 0.798. The molecule has 1 amide bonds. The van der Waals surface area contributed by atoms with Crippen molar-refractivity contribution in [2.45, 2.75) is 12.2 Å². The Balaban J connectivity index is 2.23. The highest BCUT2D eigenvalue weighted by molar-refractivity contribution is 5.86. The molecule has 4 heteroatoms. The van der Waals surface area contributed by atoms with E-state index >= 15 is 0 Å². The van der Waals surface area contributed by atoms with Crippen LogP contribution in [0, 0.1) is 0 Å². The van der Waals surface area contributed by atoms with Crippen LogP contribution in [0.5, 0.6) is 0 Å². The second-order valence-corrected chi connectivity index (χ2v) is 1.93. The lowest BCUT2D eigenvalue weighted by molar-refractivity contribution is -0.124. The summed E-state index contributed by atoms with van der Waals surface area (Å²) in [5.41, 5.74) is 0. The van der Waals surface area contributed by atoms with E-state index in [0.29, 0.717) is 13.0 Å². The second-order valence-electron chi connectivity index (χ2n) is 1.93. The Morgan fingerprint density at radius 3 is 2.62 bits per heavy atom. The standard InChI is InChI=1S/C4H5NO3/c6-3-4(7-8-4)1-2-5-3/h1-2H2,(H,5,6). The third-order valence-corrected chi connectivity index (χ3v) is 1.37. The zero-order valence-corrected chi connectivity index (χ0v) is 4.14. The molecule has 2 fully saturated rings. The highest BCUT2D eigenvalue weighted by Gasteiger charge is 2.59. The van der Waals surface area contributed by atoms with E-state index in [0.717, 1.165) is 0 Å². The molecule has 2 aliphatic heterocycles. The van der Waals surface area contributed by atoms with Crippen molar-refractivity contribution in [1.29, 1.82) is 0 Å². The molecule has 44 valence electrons. The van der Waals surface area contributed by atoms with Crippen LogP contribution in [-0.2, 0) is 14.6 Å². The molecule has 0 aromatic rings. The topological polar surface area (TPSA) is 54.2 Å². The van der Waals surface area contributed by atoms with E-state index in [-0.39, 0.29) is 5.91 Å². The summed E-state index contributed by atoms with van der Waals surface area (Å²) in [5, 5.41) is 2.58. The van der Waals surface area contributed by atoms with Crippen molar-refractivity contribution in [2.24, 2.45) is 0 Å². The maximum atomic E-state index is 10.6. The Morgan fingerprint density at radius 2 is 2.38 bits per heavy atom. The monoisotopic (exact) mass is 115 g/mol. The molecule has 2 heterocycles. The Morgan fingerprint density at radius 1 is 1.62 bits per heavy atom. The maximum absolute atomic E-state index is 10.6. The lowest BCUT2D eigenvalue weighted by Gasteiger charge is -1.85. The van der Waals surface area contributed by atoms with Gasteiger partial charge in [0.25, 0.3) is 5.91 Å². The molecule has 0 atom stereocenters. The molecule has 0 aliphatic carbocycles. The van der Waals surface area contributed by atoms with Gasteiger partial charge >= 0.3 is 5.79 Å². The predicted molar refractivity (Wildman–Crippen MR) is 22.5 cm³/mol. The van der Waals surface area contributed by atoms with Crippen molar-refractivity contribution in [3.05, 3.63) is 0 Å². The normalized spacial score (nSPS) is 30.8. The van der Waals surface area contributed by atoms with Crippen molar-refractivity contribution >= 4 is 5.91 Å². The zero-order valence-electron chi connectivity index (χ0n) is 4.14. The largest absolute Gasteiger partial charge is 0.351 e. The molecule has 0 aromatic heterocycles. The van der Waals surface area contributed by atoms with Gasteiger partial charge in [0.1, 0.15) is 0 Å². The van der Waals surface area contributed by atoms with Crippen molar-refractivity contribution in [2.75, 3.05) is 6.54 Å². The summed E-state index contributed by atoms with van der Waals surface area (Å²) in [4.78, 5) is 19.5. The summed E-state index contributed by atoms with van der Waals surface area (Å²) in [5.74, 6) is -0.988. The van der Waals surface area contributed by atoms with E-state index in [1.165, 1.54) is 0 Å². The maximum Gasteiger partial charge on any atom is 0.312 e. The van der Waals surface area contributed by atoms with Gasteiger partial charge in [0, 0.05) is 13.0 Å². The SMILES string of the molecule is O=C1NCCC12OO2. The van der Waals surface area contributed by atoms with Gasteiger partial charge in [-0.15, -0.1) is 0 Å². The number of carbonyl (C=O) groups is 1. The van der Waals surface area contributed by atoms with Gasteiger partial charge in [-0.25, -0.2) is 0 Å². The first-order chi connectivity index (χ1) is 3.83. The number of hydrogen-bond acceptors (Lipinski definition) is 3. The predicted octanol–water partition coefficient (Wildman–Crippen LogP) is -0.836. The highest BCUT2D eigenvalue weighted by Crippen LogP contribution is 2.35. The molecular formula is C4H5NO3. The van der Waals surface area contributed by atoms with Gasteiger partial charge in [-0.05, 0) is 0 Å². The number of carbonyl (C=O) groups excluding carboxylic acids is 1. The zero-order chi connectivity index (χ0) is 5.61. The molecule has 1 spiro atoms. The lowest BCUT2D eigenvalue weighted by Crippen LogP contribution is -2.24. The van der Waals surface area contributed by atoms with Crippen LogP contribution in [0.4, 0.5) is 0 Å². The average molecular weight is 115 g/mol. The molecule has 0 saturated carbocycles. The van der Waals surface area contributed by atoms with E-state index in [1.807, 2.05) is 0 Å². The minimum atomic E-state index is -0.847. The molecule has 4 nitrogen and oxygen atoms in total. The van der Waals surface area contributed by atoms with Gasteiger partial charge in [0.05, 0.1) is 0 Å². The summed E-state index contributed by atoms with van der Waals surface area (Å²) >= 11 is 0. The van der Waals surface area contributed by atoms with Crippen molar-refractivity contribution in [3.8, 4) is 0 Å². The van der Waals surface area contributed by atoms with Crippen LogP contribution in [0.1, 0.15) is 6.42 Å². The Labute approximate surface area is 45.7 Å². The smallest absolute Gasteiger partial charge is 0.312 e. The Kier molecular flexibility index (Phi) is 0.555. The summed E-state index contributed by atoms with van der Waals surface area (Å²) in [7, 11) is 0. The molecule has 0 aromatic carbocycles. The van der Waals surface area contributed by atoms with Gasteiger partial charge in [-0.3, -0.25) is 4.79 Å². The molecule has 2 rings (SSSR count). The average Bonchev–Trinajstić information content (AvgIpc) is 2.39. The van der Waals surface area contributed by atoms with Gasteiger partial charge < -0.3 is 5.32 Å². The summed E-state index contributed by atoms with van der Waals surface area (Å²) < 4.78 is 0. The molecule has 8 heavy (non-hydrogen) atoms. The van der Waals surface area contributed by atoms with Crippen LogP contribution >= 0.6 is 0 Å². The summed E-state index contributed by atoms with van der Waals surface area (Å²) in [6.45, 7) is 0.666. The van der Waals surface area contributed by atoms with Gasteiger partial charge in [0.15, 0.2) is 0 Å². The van der Waals surface area contributed by atoms with Gasteiger partial charge in [-0.1, -0.05) is 0 Å². The number of nitrogens with one attached hydrogen (secondary N) is 1. The molecular weight excluding hydrogens is 110 g/mol. The Hall–Kier alpha value is -0.610. The van der Waals surface area contributed by atoms with E-state index in [2.05, 4.69) is 15.1 Å². The molecule has 0 unspecified atom stereocenters. The first kappa shape index (κ1) is 4.29. The molecule has 2 saturated heterocycles. The van der Waals surface area contributed by atoms with E-state index < -0.39 is 5.79 Å². The van der Waals surface area contributed by atoms with Crippen molar-refractivity contribution in [3.63, 3.8) is 0 Å². The highest BCUT2D eigenvalue weighted by atomic mass is 17.4. The first-order valence-electron chi connectivity index (χ1n) is 2.49. The van der Waals surface area contributed by atoms with Crippen molar-refractivity contribution < 1.29 is 14.6 Å². The minimum absolute atomic E-state index is 0.141. The van der Waals surface area contributed by atoms with Gasteiger partial charge in [0.2, 0.25) is 0 Å². The molecule has 2 aliphatic rings. The van der Waals surface area contributed by atoms with E-state index in [1.54, 1.807) is 0 Å². The second kappa shape index (κ2) is 1.04. The summed E-state index contributed by atoms with van der Waals surface area (Å²) in [6.07, 6.45) is 0.645.